The van der Waals surface area contributed by atoms with Crippen molar-refractivity contribution in [3.05, 3.63) is 47.3 Å². The minimum absolute atomic E-state index is 0.149. The van der Waals surface area contributed by atoms with Crippen molar-refractivity contribution in [3.63, 3.8) is 0 Å². The first-order valence-corrected chi connectivity index (χ1v) is 11.4. The second kappa shape index (κ2) is 10.2. The molecule has 0 saturated heterocycles. The largest absolute Gasteiger partial charge is 0.494 e. The van der Waals surface area contributed by atoms with Gasteiger partial charge in [0.15, 0.2) is 22.1 Å². The van der Waals surface area contributed by atoms with Crippen LogP contribution in [-0.4, -0.2) is 69.4 Å². The lowest BCUT2D eigenvalue weighted by Gasteiger charge is -2.13. The van der Waals surface area contributed by atoms with Gasteiger partial charge in [-0.05, 0) is 19.1 Å². The van der Waals surface area contributed by atoms with Crippen LogP contribution in [0.1, 0.15) is 16.1 Å². The van der Waals surface area contributed by atoms with Gasteiger partial charge in [0.25, 0.3) is 11.8 Å². The van der Waals surface area contributed by atoms with Crippen LogP contribution in [0.4, 0.5) is 5.13 Å². The molecule has 2 amide bonds. The van der Waals surface area contributed by atoms with E-state index in [1.165, 1.54) is 30.7 Å². The van der Waals surface area contributed by atoms with E-state index in [1.54, 1.807) is 26.2 Å². The van der Waals surface area contributed by atoms with Gasteiger partial charge in [-0.2, -0.15) is 4.98 Å². The Morgan fingerprint density at radius 3 is 2.66 bits per heavy atom. The fraction of sp³-hybridized carbons (Fsp3) is 0.227. The molecule has 180 valence electrons. The quantitative estimate of drug-likeness (QED) is 0.370. The third-order valence-electron chi connectivity index (χ3n) is 4.84. The number of aromatic nitrogens is 5. The summed E-state index contributed by atoms with van der Waals surface area (Å²) in [6.07, 6.45) is 4.27. The molecule has 0 aliphatic rings. The maximum Gasteiger partial charge on any atom is 0.260 e. The van der Waals surface area contributed by atoms with Gasteiger partial charge in [0.1, 0.15) is 17.2 Å². The molecule has 0 bridgehead atoms. The molecule has 4 aromatic rings. The van der Waals surface area contributed by atoms with Gasteiger partial charge in [-0.15, -0.1) is 0 Å². The van der Waals surface area contributed by atoms with Gasteiger partial charge < -0.3 is 14.4 Å². The average Bonchev–Trinajstić information content (AvgIpc) is 3.25. The highest BCUT2D eigenvalue weighted by molar-refractivity contribution is 7.22. The number of halogens is 1. The van der Waals surface area contributed by atoms with E-state index < -0.39 is 5.91 Å². The number of amides is 2. The standard InChI is InChI=1S/C22H20ClN7O4S/c1-11-5-12(13-6-16(23)25-8-15(13)33-4)14(7-24-11)19(32)29-22-28-18-20(26-10-27-21(18)35-22)34-9-17(31)30(2)3/h5-8,10H,9H2,1-4H3,(H,28,29,32). The van der Waals surface area contributed by atoms with E-state index in [4.69, 9.17) is 21.1 Å². The predicted octanol–water partition coefficient (Wildman–Crippen LogP) is 3.23. The zero-order valence-electron chi connectivity index (χ0n) is 19.2. The highest BCUT2D eigenvalue weighted by Crippen LogP contribution is 2.35. The number of carbonyl (C=O) groups excluding carboxylic acids is 2. The zero-order valence-corrected chi connectivity index (χ0v) is 20.8. The fourth-order valence-electron chi connectivity index (χ4n) is 3.07. The number of hydrogen-bond acceptors (Lipinski definition) is 10. The maximum atomic E-state index is 13.3. The van der Waals surface area contributed by atoms with Crippen LogP contribution in [0.2, 0.25) is 5.15 Å². The molecule has 0 atom stereocenters. The van der Waals surface area contributed by atoms with E-state index in [1.807, 2.05) is 6.92 Å². The van der Waals surface area contributed by atoms with Gasteiger partial charge in [-0.1, -0.05) is 22.9 Å². The number of nitrogens with one attached hydrogen (secondary N) is 1. The van der Waals surface area contributed by atoms with Crippen LogP contribution in [0.5, 0.6) is 11.6 Å². The number of ether oxygens (including phenoxy) is 2. The van der Waals surface area contributed by atoms with E-state index in [0.29, 0.717) is 32.9 Å². The second-order valence-electron chi connectivity index (χ2n) is 7.46. The van der Waals surface area contributed by atoms with Crippen molar-refractivity contribution >= 4 is 50.2 Å². The number of likely N-dealkylation sites (N-methyl/N-ethyl adjacent to an activating group) is 1. The number of methoxy groups -OCH3 is 1. The van der Waals surface area contributed by atoms with Gasteiger partial charge >= 0.3 is 0 Å². The second-order valence-corrected chi connectivity index (χ2v) is 8.83. The molecule has 0 spiro atoms. The molecule has 0 unspecified atom stereocenters. The molecule has 35 heavy (non-hydrogen) atoms. The summed E-state index contributed by atoms with van der Waals surface area (Å²) in [4.78, 5) is 48.0. The van der Waals surface area contributed by atoms with Crippen molar-refractivity contribution in [1.29, 1.82) is 0 Å². The number of hydrogen-bond donors (Lipinski definition) is 1. The average molecular weight is 514 g/mol. The van der Waals surface area contributed by atoms with Crippen LogP contribution in [0.3, 0.4) is 0 Å². The highest BCUT2D eigenvalue weighted by Gasteiger charge is 2.20. The molecule has 1 N–H and O–H groups in total. The SMILES string of the molecule is COc1cnc(Cl)cc1-c1cc(C)ncc1C(=O)Nc1nc2c(OCC(=O)N(C)C)ncnc2s1. The van der Waals surface area contributed by atoms with Gasteiger partial charge in [0.2, 0.25) is 5.88 Å². The monoisotopic (exact) mass is 513 g/mol. The van der Waals surface area contributed by atoms with Crippen LogP contribution >= 0.6 is 22.9 Å². The Hall–Kier alpha value is -3.90. The van der Waals surface area contributed by atoms with Crippen molar-refractivity contribution in [1.82, 2.24) is 29.8 Å². The van der Waals surface area contributed by atoms with E-state index in [0.717, 1.165) is 11.3 Å². The van der Waals surface area contributed by atoms with Gasteiger partial charge in [-0.25, -0.2) is 15.0 Å². The number of rotatable bonds is 7. The lowest BCUT2D eigenvalue weighted by molar-refractivity contribution is -0.130. The molecule has 13 heteroatoms. The lowest BCUT2D eigenvalue weighted by Crippen LogP contribution is -2.27. The molecule has 0 saturated carbocycles. The topological polar surface area (TPSA) is 132 Å². The molecule has 0 fully saturated rings. The van der Waals surface area contributed by atoms with Crippen LogP contribution < -0.4 is 14.8 Å². The summed E-state index contributed by atoms with van der Waals surface area (Å²) in [7, 11) is 4.76. The molecule has 4 rings (SSSR count). The number of anilines is 1. The molecule has 4 aromatic heterocycles. The number of fused-ring (bicyclic) bond motifs is 1. The van der Waals surface area contributed by atoms with Crippen molar-refractivity contribution in [2.24, 2.45) is 0 Å². The Morgan fingerprint density at radius 2 is 1.91 bits per heavy atom. The van der Waals surface area contributed by atoms with E-state index in [9.17, 15) is 9.59 Å². The molecule has 4 heterocycles. The molecule has 0 aliphatic heterocycles. The highest BCUT2D eigenvalue weighted by atomic mass is 35.5. The minimum Gasteiger partial charge on any atom is -0.494 e. The summed E-state index contributed by atoms with van der Waals surface area (Å²) in [5.74, 6) is -0.0690. The number of aryl methyl sites for hydroxylation is 1. The van der Waals surface area contributed by atoms with E-state index >= 15 is 0 Å². The Bertz CT molecular complexity index is 1430. The number of thiazole rings is 1. The Morgan fingerprint density at radius 1 is 1.11 bits per heavy atom. The lowest BCUT2D eigenvalue weighted by atomic mass is 10.0. The first-order valence-electron chi connectivity index (χ1n) is 10.2. The summed E-state index contributed by atoms with van der Waals surface area (Å²) in [6.45, 7) is 1.61. The summed E-state index contributed by atoms with van der Waals surface area (Å²) in [6, 6.07) is 3.39. The smallest absolute Gasteiger partial charge is 0.260 e. The summed E-state index contributed by atoms with van der Waals surface area (Å²) in [5, 5.41) is 3.31. The fourth-order valence-corrected chi connectivity index (χ4v) is 4.02. The Labute approximate surface area is 209 Å². The molecular weight excluding hydrogens is 494 g/mol. The van der Waals surface area contributed by atoms with Crippen molar-refractivity contribution < 1.29 is 19.1 Å². The third kappa shape index (κ3) is 5.28. The van der Waals surface area contributed by atoms with E-state index in [2.05, 4.69) is 30.2 Å². The maximum absolute atomic E-state index is 13.3. The normalized spacial score (nSPS) is 10.8. The van der Waals surface area contributed by atoms with Crippen LogP contribution in [0.15, 0.2) is 30.9 Å². The van der Waals surface area contributed by atoms with E-state index in [-0.39, 0.29) is 34.2 Å². The van der Waals surface area contributed by atoms with Gasteiger partial charge in [0, 0.05) is 37.1 Å². The van der Waals surface area contributed by atoms with Crippen molar-refractivity contribution in [2.45, 2.75) is 6.92 Å². The van der Waals surface area contributed by atoms with Gasteiger partial charge in [-0.3, -0.25) is 19.9 Å². The number of carbonyl (C=O) groups is 2. The van der Waals surface area contributed by atoms with Crippen molar-refractivity contribution in [2.75, 3.05) is 33.1 Å². The van der Waals surface area contributed by atoms with Crippen molar-refractivity contribution in [3.8, 4) is 22.8 Å². The first kappa shape index (κ1) is 24.2. The molecule has 0 aromatic carbocycles. The summed E-state index contributed by atoms with van der Waals surface area (Å²) >= 11 is 7.25. The van der Waals surface area contributed by atoms with Gasteiger partial charge in [0.05, 0.1) is 18.9 Å². The number of nitrogens with zero attached hydrogens (tertiary/aromatic N) is 6. The zero-order chi connectivity index (χ0) is 25.1. The Balaban J connectivity index is 1.65. The molecule has 0 aliphatic carbocycles. The minimum atomic E-state index is -0.445. The molecule has 11 nitrogen and oxygen atoms in total. The molecular formula is C22H20ClN7O4S. The third-order valence-corrected chi connectivity index (χ3v) is 5.93. The predicted molar refractivity (Wildman–Crippen MR) is 131 cm³/mol. The van der Waals surface area contributed by atoms with Crippen LogP contribution in [0.25, 0.3) is 21.5 Å². The summed E-state index contributed by atoms with van der Waals surface area (Å²) in [5.41, 5.74) is 2.50. The number of pyridine rings is 2. The Kier molecular flexibility index (Phi) is 7.03. The first-order chi connectivity index (χ1) is 16.8. The van der Waals surface area contributed by atoms with Crippen LogP contribution in [0, 0.1) is 6.92 Å². The summed E-state index contributed by atoms with van der Waals surface area (Å²) < 4.78 is 10.9. The van der Waals surface area contributed by atoms with Crippen LogP contribution in [-0.2, 0) is 4.79 Å². The molecule has 0 radical (unpaired) electrons.